The first-order chi connectivity index (χ1) is 11.4. The van der Waals surface area contributed by atoms with Crippen molar-refractivity contribution >= 4 is 11.9 Å². The molecule has 2 aromatic rings. The number of pyridine rings is 1. The molecular weight excluding hydrogens is 312 g/mol. The zero-order valence-electron chi connectivity index (χ0n) is 13.5. The number of rotatable bonds is 5. The Morgan fingerprint density at radius 1 is 1.38 bits per heavy atom. The highest BCUT2D eigenvalue weighted by Crippen LogP contribution is 2.40. The molecule has 1 aliphatic carbocycles. The number of esters is 1. The fraction of sp³-hybridized carbons (Fsp3) is 0.353. The summed E-state index contributed by atoms with van der Waals surface area (Å²) in [5, 5.41) is 0. The van der Waals surface area contributed by atoms with Gasteiger partial charge in [-0.25, -0.2) is 4.79 Å². The molecule has 2 aromatic heterocycles. The monoisotopic (exact) mass is 330 g/mol. The molecule has 24 heavy (non-hydrogen) atoms. The van der Waals surface area contributed by atoms with Crippen LogP contribution in [0.1, 0.15) is 41.6 Å². The van der Waals surface area contributed by atoms with E-state index in [1.54, 1.807) is 19.1 Å². The summed E-state index contributed by atoms with van der Waals surface area (Å²) in [5.41, 5.74) is 5.88. The van der Waals surface area contributed by atoms with Gasteiger partial charge in [0.15, 0.2) is 5.60 Å². The molecule has 1 amide bonds. The lowest BCUT2D eigenvalue weighted by molar-refractivity contribution is -0.128. The SMILES string of the molecule is CCc1cc(-c2ccc(C(=O)OC3(C(N)=O)CC3)o2)c(C)[nH]c1=O. The summed E-state index contributed by atoms with van der Waals surface area (Å²) in [4.78, 5) is 38.0. The van der Waals surface area contributed by atoms with Crippen LogP contribution in [0.4, 0.5) is 0 Å². The van der Waals surface area contributed by atoms with Gasteiger partial charge >= 0.3 is 5.97 Å². The Kier molecular flexibility index (Phi) is 3.79. The van der Waals surface area contributed by atoms with Crippen LogP contribution in [0.5, 0.6) is 0 Å². The summed E-state index contributed by atoms with van der Waals surface area (Å²) >= 11 is 0. The minimum absolute atomic E-state index is 0.0128. The molecule has 7 nitrogen and oxygen atoms in total. The van der Waals surface area contributed by atoms with Gasteiger partial charge in [0.05, 0.1) is 0 Å². The van der Waals surface area contributed by atoms with Crippen molar-refractivity contribution in [1.82, 2.24) is 4.98 Å². The molecule has 1 aliphatic rings. The molecule has 126 valence electrons. The van der Waals surface area contributed by atoms with Crippen LogP contribution >= 0.6 is 0 Å². The number of carbonyl (C=O) groups is 2. The Hall–Kier alpha value is -2.83. The molecular formula is C17H18N2O5. The lowest BCUT2D eigenvalue weighted by atomic mass is 10.1. The minimum Gasteiger partial charge on any atom is -0.449 e. The molecule has 0 unspecified atom stereocenters. The number of H-pyrrole nitrogens is 1. The van der Waals surface area contributed by atoms with E-state index >= 15 is 0 Å². The molecule has 0 aromatic carbocycles. The summed E-state index contributed by atoms with van der Waals surface area (Å²) in [6, 6.07) is 4.85. The zero-order chi connectivity index (χ0) is 17.5. The first kappa shape index (κ1) is 16.0. The largest absolute Gasteiger partial charge is 0.449 e. The highest BCUT2D eigenvalue weighted by atomic mass is 16.6. The van der Waals surface area contributed by atoms with E-state index in [0.717, 1.165) is 0 Å². The van der Waals surface area contributed by atoms with Crippen LogP contribution in [0.15, 0.2) is 27.4 Å². The maximum atomic E-state index is 12.1. The minimum atomic E-state index is -1.19. The number of ether oxygens (including phenoxy) is 1. The average Bonchev–Trinajstić information content (AvgIpc) is 3.15. The second-order valence-electron chi connectivity index (χ2n) is 5.93. The van der Waals surface area contributed by atoms with E-state index in [0.29, 0.717) is 41.8 Å². The Balaban J connectivity index is 1.87. The number of furan rings is 1. The zero-order valence-corrected chi connectivity index (χ0v) is 13.5. The predicted octanol–water partition coefficient (Wildman–Crippen LogP) is 1.68. The molecule has 0 saturated heterocycles. The second kappa shape index (κ2) is 5.67. The van der Waals surface area contributed by atoms with E-state index in [1.165, 1.54) is 6.07 Å². The smallest absolute Gasteiger partial charge is 0.375 e. The van der Waals surface area contributed by atoms with E-state index in [4.69, 9.17) is 14.9 Å². The van der Waals surface area contributed by atoms with Crippen LogP contribution in [0, 0.1) is 6.92 Å². The Morgan fingerprint density at radius 3 is 2.67 bits per heavy atom. The number of aromatic amines is 1. The number of aryl methyl sites for hydroxylation is 2. The third kappa shape index (κ3) is 2.73. The lowest BCUT2D eigenvalue weighted by Gasteiger charge is -2.11. The predicted molar refractivity (Wildman–Crippen MR) is 85.5 cm³/mol. The third-order valence-electron chi connectivity index (χ3n) is 4.21. The van der Waals surface area contributed by atoms with Gasteiger partial charge in [0.25, 0.3) is 11.5 Å². The maximum Gasteiger partial charge on any atom is 0.375 e. The molecule has 3 rings (SSSR count). The number of primary amides is 1. The van der Waals surface area contributed by atoms with Gasteiger partial charge in [-0.15, -0.1) is 0 Å². The van der Waals surface area contributed by atoms with E-state index in [9.17, 15) is 14.4 Å². The summed E-state index contributed by atoms with van der Waals surface area (Å²) < 4.78 is 10.7. The number of nitrogens with two attached hydrogens (primary N) is 1. The van der Waals surface area contributed by atoms with Crippen molar-refractivity contribution in [2.45, 2.75) is 38.7 Å². The van der Waals surface area contributed by atoms with Gasteiger partial charge in [0.1, 0.15) is 5.76 Å². The molecule has 1 saturated carbocycles. The Labute approximate surface area is 137 Å². The number of hydrogen-bond donors (Lipinski definition) is 2. The van der Waals surface area contributed by atoms with Crippen LogP contribution in [0.25, 0.3) is 11.3 Å². The molecule has 0 aliphatic heterocycles. The first-order valence-corrected chi connectivity index (χ1v) is 7.72. The number of aromatic nitrogens is 1. The fourth-order valence-corrected chi connectivity index (χ4v) is 2.52. The maximum absolute atomic E-state index is 12.1. The van der Waals surface area contributed by atoms with Crippen molar-refractivity contribution in [2.24, 2.45) is 5.73 Å². The van der Waals surface area contributed by atoms with Gasteiger partial charge in [-0.1, -0.05) is 6.92 Å². The van der Waals surface area contributed by atoms with E-state index in [-0.39, 0.29) is 11.3 Å². The van der Waals surface area contributed by atoms with Gasteiger partial charge in [-0.3, -0.25) is 9.59 Å². The molecule has 2 heterocycles. The highest BCUT2D eigenvalue weighted by molar-refractivity contribution is 5.93. The van der Waals surface area contributed by atoms with Gasteiger partial charge in [-0.2, -0.15) is 0 Å². The molecule has 0 radical (unpaired) electrons. The molecule has 0 spiro atoms. The summed E-state index contributed by atoms with van der Waals surface area (Å²) in [5.74, 6) is -0.947. The van der Waals surface area contributed by atoms with Crippen molar-refractivity contribution in [3.8, 4) is 11.3 Å². The van der Waals surface area contributed by atoms with E-state index in [2.05, 4.69) is 4.98 Å². The Bertz CT molecular complexity index is 873. The highest BCUT2D eigenvalue weighted by Gasteiger charge is 2.53. The summed E-state index contributed by atoms with van der Waals surface area (Å²) in [6.07, 6.45) is 1.44. The molecule has 1 fully saturated rings. The van der Waals surface area contributed by atoms with E-state index in [1.807, 2.05) is 6.92 Å². The average molecular weight is 330 g/mol. The topological polar surface area (TPSA) is 115 Å². The second-order valence-corrected chi connectivity index (χ2v) is 5.93. The molecule has 0 bridgehead atoms. The van der Waals surface area contributed by atoms with Gasteiger partial charge in [0, 0.05) is 29.7 Å². The Morgan fingerprint density at radius 2 is 2.08 bits per heavy atom. The van der Waals surface area contributed by atoms with Crippen molar-refractivity contribution in [1.29, 1.82) is 0 Å². The lowest BCUT2D eigenvalue weighted by Crippen LogP contribution is -2.35. The number of carbonyl (C=O) groups excluding carboxylic acids is 2. The summed E-state index contributed by atoms with van der Waals surface area (Å²) in [6.45, 7) is 3.64. The normalized spacial score (nSPS) is 15.1. The van der Waals surface area contributed by atoms with E-state index < -0.39 is 17.5 Å². The molecule has 0 atom stereocenters. The van der Waals surface area contributed by atoms with Gasteiger partial charge in [-0.05, 0) is 31.5 Å². The van der Waals surface area contributed by atoms with Crippen LogP contribution in [0.2, 0.25) is 0 Å². The molecule has 7 heteroatoms. The van der Waals surface area contributed by atoms with Gasteiger partial charge < -0.3 is 19.9 Å². The number of nitrogens with one attached hydrogen (secondary N) is 1. The van der Waals surface area contributed by atoms with Crippen molar-refractivity contribution < 1.29 is 18.7 Å². The van der Waals surface area contributed by atoms with Crippen molar-refractivity contribution in [3.63, 3.8) is 0 Å². The summed E-state index contributed by atoms with van der Waals surface area (Å²) in [7, 11) is 0. The standard InChI is InChI=1S/C17H18N2O5/c1-3-10-8-11(9(2)19-14(10)20)12-4-5-13(23-12)15(21)24-17(6-7-17)16(18)22/h4-5,8H,3,6-7H2,1-2H3,(H2,18,22)(H,19,20). The molecule has 3 N–H and O–H groups in total. The van der Waals surface area contributed by atoms with Crippen molar-refractivity contribution in [2.75, 3.05) is 0 Å². The number of amides is 1. The van der Waals surface area contributed by atoms with Crippen molar-refractivity contribution in [3.05, 3.63) is 45.6 Å². The fourth-order valence-electron chi connectivity index (χ4n) is 2.52. The van der Waals surface area contributed by atoms with Crippen LogP contribution in [-0.2, 0) is 16.0 Å². The first-order valence-electron chi connectivity index (χ1n) is 7.72. The quantitative estimate of drug-likeness (QED) is 0.809. The van der Waals surface area contributed by atoms with Gasteiger partial charge in [0.2, 0.25) is 5.76 Å². The van der Waals surface area contributed by atoms with Crippen LogP contribution < -0.4 is 11.3 Å². The van der Waals surface area contributed by atoms with Crippen LogP contribution in [0.3, 0.4) is 0 Å². The van der Waals surface area contributed by atoms with Crippen LogP contribution in [-0.4, -0.2) is 22.5 Å². The third-order valence-corrected chi connectivity index (χ3v) is 4.21. The number of hydrogen-bond acceptors (Lipinski definition) is 5.